The quantitative estimate of drug-likeness (QED) is 0.883. The lowest BCUT2D eigenvalue weighted by molar-refractivity contribution is -0.0857. The van der Waals surface area contributed by atoms with Crippen LogP contribution in [0.3, 0.4) is 0 Å². The molecule has 0 unspecified atom stereocenters. The molecule has 0 amide bonds. The zero-order valence-corrected chi connectivity index (χ0v) is 14.2. The minimum absolute atomic E-state index is 0.158. The van der Waals surface area contributed by atoms with Crippen LogP contribution in [0.2, 0.25) is 0 Å². The number of aliphatic hydroxyl groups excluding tert-OH is 1. The summed E-state index contributed by atoms with van der Waals surface area (Å²) in [4.78, 5) is 2.23. The van der Waals surface area contributed by atoms with Gasteiger partial charge in [-0.25, -0.2) is 4.39 Å². The zero-order chi connectivity index (χ0) is 17.0. The predicted octanol–water partition coefficient (Wildman–Crippen LogP) is 4.33. The highest BCUT2D eigenvalue weighted by Crippen LogP contribution is 2.35. The third-order valence-corrected chi connectivity index (χ3v) is 5.07. The molecule has 0 bridgehead atoms. The van der Waals surface area contributed by atoms with E-state index < -0.39 is 11.8 Å². The fourth-order valence-electron chi connectivity index (χ4n) is 3.67. The maximum Gasteiger partial charge on any atom is 0.135 e. The Bertz CT molecular complexity index is 587. The maximum absolute atomic E-state index is 14.7. The molecule has 1 aliphatic carbocycles. The van der Waals surface area contributed by atoms with Gasteiger partial charge in [0.2, 0.25) is 0 Å². The summed E-state index contributed by atoms with van der Waals surface area (Å²) < 4.78 is 14.7. The van der Waals surface area contributed by atoms with Gasteiger partial charge in [-0.3, -0.25) is 4.90 Å². The first kappa shape index (κ1) is 17.1. The Balaban J connectivity index is 1.83. The topological polar surface area (TPSA) is 23.5 Å². The molecule has 1 aliphatic rings. The minimum Gasteiger partial charge on any atom is -0.388 e. The molecule has 24 heavy (non-hydrogen) atoms. The SMILES string of the molecule is C[C@@]1(F)CCC[C@@H](N(Cc2ccccc2)Cc2ccccc2)[C@H]1O. The van der Waals surface area contributed by atoms with Crippen LogP contribution in [0.4, 0.5) is 4.39 Å². The Morgan fingerprint density at radius 2 is 1.50 bits per heavy atom. The number of halogens is 1. The first-order valence-electron chi connectivity index (χ1n) is 8.75. The Hall–Kier alpha value is -1.71. The average Bonchev–Trinajstić information content (AvgIpc) is 2.59. The molecule has 0 spiro atoms. The molecular formula is C21H26FNO. The highest BCUT2D eigenvalue weighted by molar-refractivity contribution is 5.18. The summed E-state index contributed by atoms with van der Waals surface area (Å²) in [5.41, 5.74) is 0.868. The number of nitrogens with zero attached hydrogens (tertiary/aromatic N) is 1. The molecule has 0 radical (unpaired) electrons. The van der Waals surface area contributed by atoms with Crippen molar-refractivity contribution >= 4 is 0 Å². The molecule has 1 saturated carbocycles. The van der Waals surface area contributed by atoms with Gasteiger partial charge in [-0.15, -0.1) is 0 Å². The summed E-state index contributed by atoms with van der Waals surface area (Å²) in [5, 5.41) is 10.6. The Morgan fingerprint density at radius 1 is 1.00 bits per heavy atom. The largest absolute Gasteiger partial charge is 0.388 e. The molecular weight excluding hydrogens is 301 g/mol. The lowest BCUT2D eigenvalue weighted by atomic mass is 9.80. The van der Waals surface area contributed by atoms with Gasteiger partial charge in [0.25, 0.3) is 0 Å². The summed E-state index contributed by atoms with van der Waals surface area (Å²) in [5.74, 6) is 0. The summed E-state index contributed by atoms with van der Waals surface area (Å²) in [6.07, 6.45) is 1.14. The van der Waals surface area contributed by atoms with Gasteiger partial charge in [-0.1, -0.05) is 60.7 Å². The van der Waals surface area contributed by atoms with Crippen molar-refractivity contribution < 1.29 is 9.50 Å². The number of rotatable bonds is 5. The molecule has 0 saturated heterocycles. The highest BCUT2D eigenvalue weighted by Gasteiger charge is 2.43. The number of hydrogen-bond donors (Lipinski definition) is 1. The Kier molecular flexibility index (Phi) is 5.32. The van der Waals surface area contributed by atoms with Crippen LogP contribution in [0, 0.1) is 0 Å². The molecule has 3 heteroatoms. The predicted molar refractivity (Wildman–Crippen MR) is 95.3 cm³/mol. The third-order valence-electron chi connectivity index (χ3n) is 5.07. The standard InChI is InChI=1S/C21H26FNO/c1-21(22)14-8-13-19(20(21)24)23(15-17-9-4-2-5-10-17)16-18-11-6-3-7-12-18/h2-7,9-12,19-20,24H,8,13-16H2,1H3/t19-,20-,21-/m1/s1. The van der Waals surface area contributed by atoms with Gasteiger partial charge >= 0.3 is 0 Å². The van der Waals surface area contributed by atoms with E-state index in [4.69, 9.17) is 0 Å². The summed E-state index contributed by atoms with van der Waals surface area (Å²) in [6.45, 7) is 2.97. The zero-order valence-electron chi connectivity index (χ0n) is 14.2. The van der Waals surface area contributed by atoms with Crippen molar-refractivity contribution in [2.45, 2.75) is 57.1 Å². The van der Waals surface area contributed by atoms with E-state index in [1.165, 1.54) is 18.1 Å². The number of benzene rings is 2. The molecule has 3 rings (SSSR count). The maximum atomic E-state index is 14.7. The number of aliphatic hydroxyl groups is 1. The van der Waals surface area contributed by atoms with Crippen molar-refractivity contribution in [2.24, 2.45) is 0 Å². The minimum atomic E-state index is -1.51. The van der Waals surface area contributed by atoms with Crippen LogP contribution in [-0.4, -0.2) is 27.8 Å². The van der Waals surface area contributed by atoms with E-state index >= 15 is 0 Å². The van der Waals surface area contributed by atoms with Crippen LogP contribution in [0.25, 0.3) is 0 Å². The smallest absolute Gasteiger partial charge is 0.135 e. The first-order chi connectivity index (χ1) is 11.6. The molecule has 2 nitrogen and oxygen atoms in total. The molecule has 1 fully saturated rings. The van der Waals surface area contributed by atoms with Gasteiger partial charge in [0.15, 0.2) is 0 Å². The van der Waals surface area contributed by atoms with Gasteiger partial charge in [0, 0.05) is 19.1 Å². The summed E-state index contributed by atoms with van der Waals surface area (Å²) in [7, 11) is 0. The Labute approximate surface area is 143 Å². The van der Waals surface area contributed by atoms with E-state index in [9.17, 15) is 9.50 Å². The fourth-order valence-corrected chi connectivity index (χ4v) is 3.67. The molecule has 3 atom stereocenters. The second kappa shape index (κ2) is 7.45. The van der Waals surface area contributed by atoms with Crippen molar-refractivity contribution in [3.63, 3.8) is 0 Å². The molecule has 2 aromatic rings. The number of alkyl halides is 1. The van der Waals surface area contributed by atoms with E-state index in [0.29, 0.717) is 19.5 Å². The summed E-state index contributed by atoms with van der Waals surface area (Å²) >= 11 is 0. The van der Waals surface area contributed by atoms with Crippen LogP contribution in [0.15, 0.2) is 60.7 Å². The van der Waals surface area contributed by atoms with Crippen molar-refractivity contribution in [1.82, 2.24) is 4.90 Å². The van der Waals surface area contributed by atoms with Crippen LogP contribution in [-0.2, 0) is 13.1 Å². The Morgan fingerprint density at radius 3 is 2.00 bits per heavy atom. The van der Waals surface area contributed by atoms with Crippen molar-refractivity contribution in [3.8, 4) is 0 Å². The first-order valence-corrected chi connectivity index (χ1v) is 8.75. The molecule has 128 valence electrons. The second-order valence-corrected chi connectivity index (χ2v) is 7.06. The van der Waals surface area contributed by atoms with E-state index in [0.717, 1.165) is 12.8 Å². The highest BCUT2D eigenvalue weighted by atomic mass is 19.1. The van der Waals surface area contributed by atoms with Gasteiger partial charge in [0.05, 0.1) is 0 Å². The average molecular weight is 327 g/mol. The van der Waals surface area contributed by atoms with Crippen LogP contribution >= 0.6 is 0 Å². The van der Waals surface area contributed by atoms with Crippen molar-refractivity contribution in [1.29, 1.82) is 0 Å². The molecule has 1 N–H and O–H groups in total. The molecule has 0 aromatic heterocycles. The van der Waals surface area contributed by atoms with Gasteiger partial charge in [0.1, 0.15) is 11.8 Å². The molecule has 0 heterocycles. The van der Waals surface area contributed by atoms with E-state index in [2.05, 4.69) is 29.2 Å². The van der Waals surface area contributed by atoms with E-state index in [1.54, 1.807) is 0 Å². The fraction of sp³-hybridized carbons (Fsp3) is 0.429. The summed E-state index contributed by atoms with van der Waals surface area (Å²) in [6, 6.07) is 20.3. The lowest BCUT2D eigenvalue weighted by Gasteiger charge is -2.43. The lowest BCUT2D eigenvalue weighted by Crippen LogP contribution is -2.54. The van der Waals surface area contributed by atoms with Gasteiger partial charge < -0.3 is 5.11 Å². The van der Waals surface area contributed by atoms with E-state index in [1.807, 2.05) is 36.4 Å². The van der Waals surface area contributed by atoms with Crippen molar-refractivity contribution in [2.75, 3.05) is 0 Å². The molecule has 2 aromatic carbocycles. The third kappa shape index (κ3) is 4.03. The normalized spacial score (nSPS) is 27.3. The number of hydrogen-bond acceptors (Lipinski definition) is 2. The van der Waals surface area contributed by atoms with E-state index in [-0.39, 0.29) is 6.04 Å². The second-order valence-electron chi connectivity index (χ2n) is 7.06. The van der Waals surface area contributed by atoms with Crippen LogP contribution < -0.4 is 0 Å². The molecule has 0 aliphatic heterocycles. The van der Waals surface area contributed by atoms with Gasteiger partial charge in [-0.05, 0) is 37.3 Å². The monoisotopic (exact) mass is 327 g/mol. The van der Waals surface area contributed by atoms with Gasteiger partial charge in [-0.2, -0.15) is 0 Å². The van der Waals surface area contributed by atoms with Crippen LogP contribution in [0.5, 0.6) is 0 Å². The van der Waals surface area contributed by atoms with Crippen LogP contribution in [0.1, 0.15) is 37.3 Å². The van der Waals surface area contributed by atoms with Crippen molar-refractivity contribution in [3.05, 3.63) is 71.8 Å².